The maximum absolute atomic E-state index is 11.2. The molecule has 1 unspecified atom stereocenters. The number of fused-ring (bicyclic) bond motifs is 5. The second-order valence-corrected chi connectivity index (χ2v) is 13.1. The van der Waals surface area contributed by atoms with Crippen molar-refractivity contribution >= 4 is 10.4 Å². The van der Waals surface area contributed by atoms with Gasteiger partial charge in [-0.1, -0.05) is 70.9 Å². The molecule has 7 atom stereocenters. The molecule has 0 amide bonds. The van der Waals surface area contributed by atoms with Crippen molar-refractivity contribution in [1.29, 1.82) is 0 Å². The minimum absolute atomic E-state index is 0.181. The highest BCUT2D eigenvalue weighted by Crippen LogP contribution is 2.66. The second-order valence-electron chi connectivity index (χ2n) is 12.0. The van der Waals surface area contributed by atoms with Crippen molar-refractivity contribution in [3.63, 3.8) is 0 Å². The summed E-state index contributed by atoms with van der Waals surface area (Å²) in [6, 6.07) is 0. The highest BCUT2D eigenvalue weighted by molar-refractivity contribution is 7.80. The van der Waals surface area contributed by atoms with Crippen LogP contribution in [0.15, 0.2) is 11.6 Å². The van der Waals surface area contributed by atoms with E-state index in [0.717, 1.165) is 42.9 Å². The summed E-state index contributed by atoms with van der Waals surface area (Å²) in [6.07, 6.45) is 20.9. The lowest BCUT2D eigenvalue weighted by Crippen LogP contribution is -2.50. The van der Waals surface area contributed by atoms with Crippen LogP contribution in [0.2, 0.25) is 0 Å². The van der Waals surface area contributed by atoms with E-state index in [1.807, 2.05) is 0 Å². The van der Waals surface area contributed by atoms with Gasteiger partial charge in [-0.05, 0) is 92.3 Å². The standard InChI is InChI=1S/C27H46O4S/c1-4-5-6-7-8-9-10-20-12-14-24-23-13-11-21-19-22(31-32(28,29)30)15-17-27(21,3)25(23)16-18-26(20,24)2/h11,20,22-25H,4-10,12-19H2,1-3H3,(H,28,29,30)/t20-,22?,23-,24-,25-,26+,27-/m0/s1. The fourth-order valence-corrected chi connectivity index (χ4v) is 9.14. The van der Waals surface area contributed by atoms with Gasteiger partial charge in [0.2, 0.25) is 0 Å². The third-order valence-corrected chi connectivity index (χ3v) is 10.9. The Kier molecular flexibility index (Phi) is 7.49. The molecule has 5 heteroatoms. The maximum atomic E-state index is 11.2. The van der Waals surface area contributed by atoms with Gasteiger partial charge in [-0.3, -0.25) is 4.55 Å². The zero-order valence-electron chi connectivity index (χ0n) is 20.7. The number of rotatable bonds is 9. The third-order valence-electron chi connectivity index (χ3n) is 10.4. The monoisotopic (exact) mass is 466 g/mol. The molecule has 0 heterocycles. The van der Waals surface area contributed by atoms with E-state index in [9.17, 15) is 8.42 Å². The van der Waals surface area contributed by atoms with Gasteiger partial charge < -0.3 is 0 Å². The van der Waals surface area contributed by atoms with Crippen molar-refractivity contribution in [3.05, 3.63) is 11.6 Å². The van der Waals surface area contributed by atoms with Crippen LogP contribution in [0.3, 0.4) is 0 Å². The van der Waals surface area contributed by atoms with Crippen molar-refractivity contribution in [1.82, 2.24) is 0 Å². The Hall–Kier alpha value is -0.390. The smallest absolute Gasteiger partial charge is 0.264 e. The summed E-state index contributed by atoms with van der Waals surface area (Å²) in [4.78, 5) is 0. The molecule has 3 fully saturated rings. The Morgan fingerprint density at radius 2 is 1.75 bits per heavy atom. The molecule has 0 aromatic heterocycles. The molecular weight excluding hydrogens is 420 g/mol. The molecule has 184 valence electrons. The van der Waals surface area contributed by atoms with Crippen LogP contribution in [-0.4, -0.2) is 19.1 Å². The average molecular weight is 467 g/mol. The summed E-state index contributed by atoms with van der Waals surface area (Å²) in [5.74, 6) is 3.28. The highest BCUT2D eigenvalue weighted by atomic mass is 32.3. The average Bonchev–Trinajstić information content (AvgIpc) is 3.06. The molecule has 3 saturated carbocycles. The van der Waals surface area contributed by atoms with Gasteiger partial charge in [0.15, 0.2) is 0 Å². The molecule has 4 aliphatic carbocycles. The molecule has 0 aromatic rings. The zero-order chi connectivity index (χ0) is 23.0. The molecule has 0 bridgehead atoms. The van der Waals surface area contributed by atoms with Gasteiger partial charge in [0.1, 0.15) is 0 Å². The lowest BCUT2D eigenvalue weighted by Gasteiger charge is -2.58. The van der Waals surface area contributed by atoms with Crippen molar-refractivity contribution < 1.29 is 17.2 Å². The number of unbranched alkanes of at least 4 members (excludes halogenated alkanes) is 5. The zero-order valence-corrected chi connectivity index (χ0v) is 21.5. The predicted molar refractivity (Wildman–Crippen MR) is 130 cm³/mol. The topological polar surface area (TPSA) is 63.6 Å². The molecule has 0 radical (unpaired) electrons. The van der Waals surface area contributed by atoms with Gasteiger partial charge >= 0.3 is 10.4 Å². The Morgan fingerprint density at radius 1 is 1.00 bits per heavy atom. The van der Waals surface area contributed by atoms with Crippen molar-refractivity contribution in [2.45, 2.75) is 123 Å². The predicted octanol–water partition coefficient (Wildman–Crippen LogP) is 7.50. The van der Waals surface area contributed by atoms with Crippen LogP contribution in [0.5, 0.6) is 0 Å². The minimum Gasteiger partial charge on any atom is -0.264 e. The van der Waals surface area contributed by atoms with Crippen LogP contribution in [-0.2, 0) is 14.6 Å². The van der Waals surface area contributed by atoms with Crippen molar-refractivity contribution in [2.24, 2.45) is 34.5 Å². The summed E-state index contributed by atoms with van der Waals surface area (Å²) < 4.78 is 36.5. The van der Waals surface area contributed by atoms with Crippen molar-refractivity contribution in [2.75, 3.05) is 0 Å². The van der Waals surface area contributed by atoms with E-state index >= 15 is 0 Å². The van der Waals surface area contributed by atoms with Gasteiger partial charge in [-0.15, -0.1) is 0 Å². The number of hydrogen-bond donors (Lipinski definition) is 1. The third kappa shape index (κ3) is 4.86. The van der Waals surface area contributed by atoms with E-state index in [2.05, 4.69) is 26.8 Å². The molecule has 0 aromatic carbocycles. The van der Waals surface area contributed by atoms with Crippen LogP contribution in [0.1, 0.15) is 117 Å². The second kappa shape index (κ2) is 9.70. The molecule has 0 saturated heterocycles. The molecule has 4 aliphatic rings. The normalized spacial score (nSPS) is 41.5. The first-order valence-electron chi connectivity index (χ1n) is 13.5. The van der Waals surface area contributed by atoms with Crippen molar-refractivity contribution in [3.8, 4) is 0 Å². The first-order valence-corrected chi connectivity index (χ1v) is 14.9. The summed E-state index contributed by atoms with van der Waals surface area (Å²) in [5.41, 5.74) is 2.10. The number of allylic oxidation sites excluding steroid dienone is 1. The van der Waals surface area contributed by atoms with Crippen LogP contribution in [0.4, 0.5) is 0 Å². The van der Waals surface area contributed by atoms with E-state index in [0.29, 0.717) is 11.8 Å². The SMILES string of the molecule is CCCCCCCC[C@H]1CC[C@H]2[C@@H]3CC=C4CC(OS(=O)(=O)O)CC[C@]4(C)[C@H]3CC[C@]12C. The largest absolute Gasteiger partial charge is 0.397 e. The van der Waals surface area contributed by atoms with E-state index in [4.69, 9.17) is 8.74 Å². The van der Waals surface area contributed by atoms with E-state index < -0.39 is 16.5 Å². The van der Waals surface area contributed by atoms with Crippen LogP contribution >= 0.6 is 0 Å². The Bertz CT molecular complexity index is 789. The molecule has 1 N–H and O–H groups in total. The quantitative estimate of drug-likeness (QED) is 0.217. The molecule has 32 heavy (non-hydrogen) atoms. The summed E-state index contributed by atoms with van der Waals surface area (Å²) >= 11 is 0. The fourth-order valence-electron chi connectivity index (χ4n) is 8.64. The first-order chi connectivity index (χ1) is 15.2. The Morgan fingerprint density at radius 3 is 2.50 bits per heavy atom. The summed E-state index contributed by atoms with van der Waals surface area (Å²) in [6.45, 7) is 7.35. The van der Waals surface area contributed by atoms with Gasteiger partial charge in [0.25, 0.3) is 0 Å². The Balaban J connectivity index is 1.39. The minimum atomic E-state index is -4.37. The molecule has 0 spiro atoms. The summed E-state index contributed by atoms with van der Waals surface area (Å²) in [5, 5.41) is 0. The fraction of sp³-hybridized carbons (Fsp3) is 0.926. The van der Waals surface area contributed by atoms with Gasteiger partial charge in [0.05, 0.1) is 6.10 Å². The van der Waals surface area contributed by atoms with Crippen LogP contribution in [0, 0.1) is 34.5 Å². The summed E-state index contributed by atoms with van der Waals surface area (Å²) in [7, 11) is -4.37. The van der Waals surface area contributed by atoms with E-state index in [-0.39, 0.29) is 5.41 Å². The highest BCUT2D eigenvalue weighted by Gasteiger charge is 2.58. The van der Waals surface area contributed by atoms with Gasteiger partial charge in [-0.25, -0.2) is 4.18 Å². The molecular formula is C27H46O4S. The van der Waals surface area contributed by atoms with Crippen LogP contribution in [0.25, 0.3) is 0 Å². The van der Waals surface area contributed by atoms with Crippen LogP contribution < -0.4 is 0 Å². The first kappa shape index (κ1) is 24.7. The lowest BCUT2D eigenvalue weighted by molar-refractivity contribution is -0.0494. The molecule has 4 rings (SSSR count). The van der Waals surface area contributed by atoms with Gasteiger partial charge in [-0.2, -0.15) is 8.42 Å². The Labute approximate surface area is 196 Å². The van der Waals surface area contributed by atoms with Gasteiger partial charge in [0, 0.05) is 0 Å². The molecule has 0 aliphatic heterocycles. The van der Waals surface area contributed by atoms with E-state index in [1.54, 1.807) is 0 Å². The molecule has 4 nitrogen and oxygen atoms in total. The van der Waals surface area contributed by atoms with E-state index in [1.165, 1.54) is 76.2 Å². The lowest BCUT2D eigenvalue weighted by atomic mass is 9.47. The maximum Gasteiger partial charge on any atom is 0.397 e. The number of hydrogen-bond acceptors (Lipinski definition) is 3.